The molecule has 0 heterocycles. The Hall–Kier alpha value is -3.14. The summed E-state index contributed by atoms with van der Waals surface area (Å²) >= 11 is 0. The molecule has 2 fully saturated rings. The maximum absolute atomic E-state index is 12.6. The molecule has 3 aromatic carbocycles. The van der Waals surface area contributed by atoms with Gasteiger partial charge < -0.3 is 4.74 Å². The van der Waals surface area contributed by atoms with Crippen molar-refractivity contribution < 1.29 is 9.53 Å². The number of hydrazone groups is 1. The first-order valence-corrected chi connectivity index (χ1v) is 11.2. The van der Waals surface area contributed by atoms with Crippen LogP contribution >= 0.6 is 0 Å². The third kappa shape index (κ3) is 3.83. The number of nitrogens with one attached hydrogen (secondary N) is 1. The molecule has 2 saturated carbocycles. The molecule has 4 heteroatoms. The number of hydrogen-bond donors (Lipinski definition) is 1. The molecule has 158 valence electrons. The second-order valence-electron chi connectivity index (χ2n) is 9.03. The number of para-hydroxylation sites is 1. The molecule has 0 radical (unpaired) electrons. The van der Waals surface area contributed by atoms with Crippen LogP contribution in [-0.2, 0) is 11.4 Å². The number of fused-ring (bicyclic) bond motifs is 2. The number of hydrogen-bond acceptors (Lipinski definition) is 3. The molecule has 2 aliphatic rings. The Morgan fingerprint density at radius 3 is 2.77 bits per heavy atom. The van der Waals surface area contributed by atoms with Crippen molar-refractivity contribution in [3.8, 4) is 5.75 Å². The Balaban J connectivity index is 1.25. The number of carbonyl (C=O) groups is 1. The van der Waals surface area contributed by atoms with Crippen LogP contribution in [0.15, 0.2) is 71.8 Å². The lowest BCUT2D eigenvalue weighted by molar-refractivity contribution is -0.123. The summed E-state index contributed by atoms with van der Waals surface area (Å²) in [7, 11) is 0. The summed E-state index contributed by atoms with van der Waals surface area (Å²) in [4.78, 5) is 12.6. The van der Waals surface area contributed by atoms with Crippen molar-refractivity contribution in [2.24, 2.45) is 22.4 Å². The summed E-state index contributed by atoms with van der Waals surface area (Å²) in [6, 6.07) is 22.4. The molecule has 0 bridgehead atoms. The average molecular weight is 413 g/mol. The minimum atomic E-state index is 0.0554. The predicted molar refractivity (Wildman–Crippen MR) is 124 cm³/mol. The first-order valence-electron chi connectivity index (χ1n) is 11.2. The highest BCUT2D eigenvalue weighted by Gasteiger charge is 2.64. The van der Waals surface area contributed by atoms with E-state index < -0.39 is 0 Å². The zero-order valence-corrected chi connectivity index (χ0v) is 17.9. The number of rotatable bonds is 6. The highest BCUT2D eigenvalue weighted by atomic mass is 16.5. The van der Waals surface area contributed by atoms with Crippen molar-refractivity contribution in [2.45, 2.75) is 39.2 Å². The van der Waals surface area contributed by atoms with E-state index in [1.807, 2.05) is 36.4 Å². The van der Waals surface area contributed by atoms with Gasteiger partial charge >= 0.3 is 0 Å². The number of amides is 1. The fraction of sp³-hybridized carbons (Fsp3) is 0.333. The molecule has 1 amide bonds. The van der Waals surface area contributed by atoms with Gasteiger partial charge in [0, 0.05) is 11.5 Å². The van der Waals surface area contributed by atoms with Crippen LogP contribution in [0.2, 0.25) is 0 Å². The molecule has 31 heavy (non-hydrogen) atoms. The van der Waals surface area contributed by atoms with Crippen LogP contribution in [0.5, 0.6) is 5.75 Å². The fourth-order valence-corrected chi connectivity index (χ4v) is 5.38. The highest BCUT2D eigenvalue weighted by molar-refractivity contribution is 5.87. The van der Waals surface area contributed by atoms with E-state index in [0.717, 1.165) is 23.3 Å². The Morgan fingerprint density at radius 2 is 1.90 bits per heavy atom. The lowest BCUT2D eigenvalue weighted by Crippen LogP contribution is -2.22. The largest absolute Gasteiger partial charge is 0.488 e. The average Bonchev–Trinajstić information content (AvgIpc) is 3.44. The van der Waals surface area contributed by atoms with Gasteiger partial charge in [0.2, 0.25) is 5.91 Å². The summed E-state index contributed by atoms with van der Waals surface area (Å²) in [6.45, 7) is 2.72. The number of ether oxygens (including phenoxy) is 1. The second-order valence-corrected chi connectivity index (χ2v) is 9.03. The predicted octanol–water partition coefficient (Wildman–Crippen LogP) is 5.70. The monoisotopic (exact) mass is 412 g/mol. The van der Waals surface area contributed by atoms with Crippen molar-refractivity contribution >= 4 is 22.9 Å². The van der Waals surface area contributed by atoms with Crippen LogP contribution < -0.4 is 10.2 Å². The fourth-order valence-electron chi connectivity index (χ4n) is 5.38. The van der Waals surface area contributed by atoms with E-state index in [9.17, 15) is 4.79 Å². The summed E-state index contributed by atoms with van der Waals surface area (Å²) in [6.07, 6.45) is 6.49. The van der Waals surface area contributed by atoms with E-state index in [2.05, 4.69) is 47.8 Å². The second kappa shape index (κ2) is 8.18. The molecular weight excluding hydrogens is 384 g/mol. The van der Waals surface area contributed by atoms with Crippen LogP contribution in [0.25, 0.3) is 10.8 Å². The third-order valence-corrected chi connectivity index (χ3v) is 7.17. The highest BCUT2D eigenvalue weighted by Crippen LogP contribution is 2.66. The molecule has 0 unspecified atom stereocenters. The van der Waals surface area contributed by atoms with Crippen LogP contribution in [0.3, 0.4) is 0 Å². The van der Waals surface area contributed by atoms with Crippen molar-refractivity contribution in [1.82, 2.24) is 5.43 Å². The van der Waals surface area contributed by atoms with Gasteiger partial charge in [0.25, 0.3) is 0 Å². The van der Waals surface area contributed by atoms with Crippen molar-refractivity contribution in [3.63, 3.8) is 0 Å². The molecule has 0 aromatic heterocycles. The van der Waals surface area contributed by atoms with Gasteiger partial charge in [-0.05, 0) is 52.6 Å². The molecule has 2 aliphatic carbocycles. The first kappa shape index (κ1) is 19.8. The van der Waals surface area contributed by atoms with Crippen LogP contribution in [0.4, 0.5) is 0 Å². The molecule has 4 nitrogen and oxygen atoms in total. The van der Waals surface area contributed by atoms with Crippen LogP contribution in [0.1, 0.15) is 43.7 Å². The van der Waals surface area contributed by atoms with E-state index in [-0.39, 0.29) is 17.2 Å². The number of nitrogens with zero attached hydrogens (tertiary/aromatic N) is 1. The van der Waals surface area contributed by atoms with E-state index in [1.165, 1.54) is 30.0 Å². The zero-order valence-electron chi connectivity index (χ0n) is 17.9. The Kier molecular flexibility index (Phi) is 5.23. The number of benzene rings is 3. The maximum Gasteiger partial charge on any atom is 0.244 e. The number of carbonyl (C=O) groups excluding carboxylic acids is 1. The smallest absolute Gasteiger partial charge is 0.244 e. The van der Waals surface area contributed by atoms with E-state index >= 15 is 0 Å². The molecule has 1 N–H and O–H groups in total. The zero-order chi connectivity index (χ0) is 21.3. The molecule has 0 aliphatic heterocycles. The molecule has 0 spiro atoms. The van der Waals surface area contributed by atoms with E-state index in [4.69, 9.17) is 4.74 Å². The lowest BCUT2D eigenvalue weighted by Gasteiger charge is -2.15. The van der Waals surface area contributed by atoms with Gasteiger partial charge in [-0.1, -0.05) is 74.4 Å². The summed E-state index contributed by atoms with van der Waals surface area (Å²) in [5.74, 6) is 1.46. The van der Waals surface area contributed by atoms with Crippen molar-refractivity contribution in [2.75, 3.05) is 0 Å². The first-order chi connectivity index (χ1) is 15.2. The van der Waals surface area contributed by atoms with Gasteiger partial charge in [0.1, 0.15) is 12.4 Å². The van der Waals surface area contributed by atoms with E-state index in [0.29, 0.717) is 12.5 Å². The van der Waals surface area contributed by atoms with Gasteiger partial charge in [0.15, 0.2) is 0 Å². The van der Waals surface area contributed by atoms with Gasteiger partial charge in [-0.25, -0.2) is 5.43 Å². The maximum atomic E-state index is 12.6. The minimum Gasteiger partial charge on any atom is -0.488 e. The third-order valence-electron chi connectivity index (χ3n) is 7.17. The van der Waals surface area contributed by atoms with Gasteiger partial charge in [-0.3, -0.25) is 4.79 Å². The Morgan fingerprint density at radius 1 is 1.10 bits per heavy atom. The lowest BCUT2D eigenvalue weighted by atomic mass is 9.90. The minimum absolute atomic E-state index is 0.0554. The summed E-state index contributed by atoms with van der Waals surface area (Å²) in [5.41, 5.74) is 4.96. The summed E-state index contributed by atoms with van der Waals surface area (Å²) in [5, 5.41) is 6.65. The van der Waals surface area contributed by atoms with E-state index in [1.54, 1.807) is 6.21 Å². The van der Waals surface area contributed by atoms with Crippen LogP contribution in [0, 0.1) is 17.3 Å². The molecule has 3 atom stereocenters. The SMILES string of the molecule is C[C@]12CCCC[C@@H]1[C@H]2C(=O)N/N=C\c1ccccc1OCc1cccc2ccccc12. The van der Waals surface area contributed by atoms with Gasteiger partial charge in [0.05, 0.1) is 6.21 Å². The molecule has 3 aromatic rings. The van der Waals surface area contributed by atoms with Crippen LogP contribution in [-0.4, -0.2) is 12.1 Å². The standard InChI is InChI=1S/C27H28N2O2/c1-27-16-7-6-14-23(27)25(27)26(30)29-28-17-20-10-3-5-15-24(20)31-18-21-12-8-11-19-9-2-4-13-22(19)21/h2-5,8-13,15,17,23,25H,6-7,14,16,18H2,1H3,(H,29,30)/b28-17-/t23-,25+,27+/m1/s1. The quantitative estimate of drug-likeness (QED) is 0.417. The van der Waals surface area contributed by atoms with Gasteiger partial charge in [-0.2, -0.15) is 5.10 Å². The van der Waals surface area contributed by atoms with Crippen molar-refractivity contribution in [1.29, 1.82) is 0 Å². The normalized spacial score (nSPS) is 24.7. The molecule has 5 rings (SSSR count). The Bertz CT molecular complexity index is 1130. The summed E-state index contributed by atoms with van der Waals surface area (Å²) < 4.78 is 6.14. The Labute approximate surface area is 183 Å². The van der Waals surface area contributed by atoms with Crippen molar-refractivity contribution in [3.05, 3.63) is 77.9 Å². The molecular formula is C27H28N2O2. The van der Waals surface area contributed by atoms with Gasteiger partial charge in [-0.15, -0.1) is 0 Å². The molecule has 0 saturated heterocycles. The topological polar surface area (TPSA) is 50.7 Å².